The number of rotatable bonds is 3. The van der Waals surface area contributed by atoms with Crippen LogP contribution in [0.2, 0.25) is 5.02 Å². The number of anilines is 1. The van der Waals surface area contributed by atoms with Crippen LogP contribution in [0.3, 0.4) is 0 Å². The Bertz CT molecular complexity index is 485. The molecule has 18 heavy (non-hydrogen) atoms. The van der Waals surface area contributed by atoms with Crippen molar-refractivity contribution >= 4 is 35.4 Å². The lowest BCUT2D eigenvalue weighted by Crippen LogP contribution is -2.12. The van der Waals surface area contributed by atoms with Crippen molar-refractivity contribution in [2.45, 2.75) is 0 Å². The Morgan fingerprint density at radius 1 is 1.28 bits per heavy atom. The Morgan fingerprint density at radius 2 is 2.00 bits per heavy atom. The Labute approximate surface area is 109 Å². The van der Waals surface area contributed by atoms with E-state index in [4.69, 9.17) is 11.6 Å². The summed E-state index contributed by atoms with van der Waals surface area (Å²) in [6, 6.07) is 5.00. The van der Waals surface area contributed by atoms with Gasteiger partial charge < -0.3 is 9.47 Å². The fraction of sp³-hybridized carbons (Fsp3) is 0.167. The molecule has 0 aromatic heterocycles. The molecule has 0 atom stereocenters. The van der Waals surface area contributed by atoms with Crippen molar-refractivity contribution in [2.75, 3.05) is 19.5 Å². The molecule has 96 valence electrons. The topological polar surface area (TPSA) is 64.6 Å². The van der Waals surface area contributed by atoms with Gasteiger partial charge in [-0.05, 0) is 17.7 Å². The van der Waals surface area contributed by atoms with Crippen LogP contribution in [-0.4, -0.2) is 26.3 Å². The summed E-state index contributed by atoms with van der Waals surface area (Å²) in [4.78, 5) is 22.2. The van der Waals surface area contributed by atoms with E-state index in [9.17, 15) is 9.59 Å². The summed E-state index contributed by atoms with van der Waals surface area (Å²) >= 11 is 5.96. The second-order valence-corrected chi connectivity index (χ2v) is 3.58. The van der Waals surface area contributed by atoms with Gasteiger partial charge in [0.1, 0.15) is 0 Å². The molecule has 0 saturated carbocycles. The molecule has 0 heterocycles. The second kappa shape index (κ2) is 6.66. The molecule has 1 amide bonds. The van der Waals surface area contributed by atoms with Gasteiger partial charge in [0.05, 0.1) is 24.9 Å². The zero-order chi connectivity index (χ0) is 13.5. The molecule has 0 radical (unpaired) electrons. The van der Waals surface area contributed by atoms with Crippen LogP contribution in [0.4, 0.5) is 10.5 Å². The Hall–Kier alpha value is -2.01. The first-order valence-corrected chi connectivity index (χ1v) is 5.35. The first-order chi connectivity index (χ1) is 8.58. The average Bonchev–Trinajstić information content (AvgIpc) is 2.38. The van der Waals surface area contributed by atoms with E-state index in [1.807, 2.05) is 0 Å². The second-order valence-electron chi connectivity index (χ2n) is 3.18. The van der Waals surface area contributed by atoms with Crippen LogP contribution in [-0.2, 0) is 14.3 Å². The standard InChI is InChI=1S/C12H12ClNO4/c1-17-10(15)7-6-8-4-3-5-9(13)11(8)14-12(16)18-2/h3-7H,1-2H3,(H,14,16)/b7-6+. The zero-order valence-corrected chi connectivity index (χ0v) is 10.7. The first kappa shape index (κ1) is 14.1. The molecule has 1 aromatic rings. The van der Waals surface area contributed by atoms with E-state index in [0.717, 1.165) is 0 Å². The molecule has 0 aliphatic carbocycles. The third kappa shape index (κ3) is 3.78. The highest BCUT2D eigenvalue weighted by Gasteiger charge is 2.09. The Morgan fingerprint density at radius 3 is 2.61 bits per heavy atom. The fourth-order valence-electron chi connectivity index (χ4n) is 1.19. The lowest BCUT2D eigenvalue weighted by atomic mass is 10.1. The fourth-order valence-corrected chi connectivity index (χ4v) is 1.42. The molecule has 1 N–H and O–H groups in total. The summed E-state index contributed by atoms with van der Waals surface area (Å²) in [6.07, 6.45) is 2.08. The van der Waals surface area contributed by atoms with Gasteiger partial charge in [0.2, 0.25) is 0 Å². The van der Waals surface area contributed by atoms with E-state index in [2.05, 4.69) is 14.8 Å². The predicted molar refractivity (Wildman–Crippen MR) is 68.5 cm³/mol. The third-order valence-corrected chi connectivity index (χ3v) is 2.37. The van der Waals surface area contributed by atoms with Gasteiger partial charge in [0, 0.05) is 6.08 Å². The SMILES string of the molecule is COC(=O)/C=C/c1cccc(Cl)c1NC(=O)OC. The first-order valence-electron chi connectivity index (χ1n) is 4.98. The number of para-hydroxylation sites is 1. The van der Waals surface area contributed by atoms with Crippen LogP contribution in [0.25, 0.3) is 6.08 Å². The van der Waals surface area contributed by atoms with Gasteiger partial charge in [-0.25, -0.2) is 9.59 Å². The summed E-state index contributed by atoms with van der Waals surface area (Å²) in [6.45, 7) is 0. The average molecular weight is 270 g/mol. The van der Waals surface area contributed by atoms with Crippen molar-refractivity contribution in [1.82, 2.24) is 0 Å². The monoisotopic (exact) mass is 269 g/mol. The van der Waals surface area contributed by atoms with E-state index in [1.54, 1.807) is 18.2 Å². The summed E-state index contributed by atoms with van der Waals surface area (Å²) < 4.78 is 8.96. The number of halogens is 1. The third-order valence-electron chi connectivity index (χ3n) is 2.06. The highest BCUT2D eigenvalue weighted by molar-refractivity contribution is 6.34. The molecule has 0 aliphatic heterocycles. The van der Waals surface area contributed by atoms with Crippen LogP contribution in [0.5, 0.6) is 0 Å². The number of methoxy groups -OCH3 is 2. The van der Waals surface area contributed by atoms with Gasteiger partial charge >= 0.3 is 12.1 Å². The van der Waals surface area contributed by atoms with Gasteiger partial charge in [0.25, 0.3) is 0 Å². The molecule has 0 spiro atoms. The number of carbonyl (C=O) groups is 2. The Kier molecular flexibility index (Phi) is 5.20. The lowest BCUT2D eigenvalue weighted by Gasteiger charge is -2.09. The van der Waals surface area contributed by atoms with E-state index in [1.165, 1.54) is 26.4 Å². The number of benzene rings is 1. The van der Waals surface area contributed by atoms with Crippen LogP contribution in [0, 0.1) is 0 Å². The number of hydrogen-bond donors (Lipinski definition) is 1. The minimum absolute atomic E-state index is 0.340. The molecule has 0 bridgehead atoms. The van der Waals surface area contributed by atoms with Crippen LogP contribution in [0.15, 0.2) is 24.3 Å². The number of nitrogens with one attached hydrogen (secondary N) is 1. The highest BCUT2D eigenvalue weighted by atomic mass is 35.5. The largest absolute Gasteiger partial charge is 0.466 e. The maximum atomic E-state index is 11.2. The van der Waals surface area contributed by atoms with Gasteiger partial charge in [-0.3, -0.25) is 5.32 Å². The summed E-state index contributed by atoms with van der Waals surface area (Å²) in [7, 11) is 2.52. The minimum atomic E-state index is -0.643. The van der Waals surface area contributed by atoms with Gasteiger partial charge in [-0.15, -0.1) is 0 Å². The summed E-state index contributed by atoms with van der Waals surface area (Å²) in [5.41, 5.74) is 0.935. The van der Waals surface area contributed by atoms with E-state index in [0.29, 0.717) is 16.3 Å². The molecule has 0 unspecified atom stereocenters. The van der Waals surface area contributed by atoms with Gasteiger partial charge in [-0.1, -0.05) is 23.7 Å². The zero-order valence-electron chi connectivity index (χ0n) is 9.90. The smallest absolute Gasteiger partial charge is 0.411 e. The van der Waals surface area contributed by atoms with Crippen LogP contribution >= 0.6 is 11.6 Å². The minimum Gasteiger partial charge on any atom is -0.466 e. The van der Waals surface area contributed by atoms with Gasteiger partial charge in [0.15, 0.2) is 0 Å². The number of carbonyl (C=O) groups excluding carboxylic acids is 2. The van der Waals surface area contributed by atoms with Crippen LogP contribution < -0.4 is 5.32 Å². The number of ether oxygens (including phenoxy) is 2. The molecule has 1 rings (SSSR count). The maximum Gasteiger partial charge on any atom is 0.411 e. The molecule has 1 aromatic carbocycles. The van der Waals surface area contributed by atoms with Crippen molar-refractivity contribution < 1.29 is 19.1 Å². The summed E-state index contributed by atoms with van der Waals surface area (Å²) in [5, 5.41) is 2.81. The molecular weight excluding hydrogens is 258 g/mol. The predicted octanol–water partition coefficient (Wildman–Crippen LogP) is 2.70. The molecule has 6 heteroatoms. The van der Waals surface area contributed by atoms with Crippen molar-refractivity contribution in [3.8, 4) is 0 Å². The van der Waals surface area contributed by atoms with Crippen LogP contribution in [0.1, 0.15) is 5.56 Å². The quantitative estimate of drug-likeness (QED) is 0.677. The van der Waals surface area contributed by atoms with Crippen molar-refractivity contribution in [3.05, 3.63) is 34.9 Å². The Balaban J connectivity index is 3.04. The molecule has 5 nitrogen and oxygen atoms in total. The number of esters is 1. The van der Waals surface area contributed by atoms with E-state index >= 15 is 0 Å². The molecule has 0 fully saturated rings. The number of amides is 1. The normalized spacial score (nSPS) is 10.2. The molecule has 0 saturated heterocycles. The molecular formula is C12H12ClNO4. The maximum absolute atomic E-state index is 11.2. The van der Waals surface area contributed by atoms with Crippen molar-refractivity contribution in [3.63, 3.8) is 0 Å². The van der Waals surface area contributed by atoms with Gasteiger partial charge in [-0.2, -0.15) is 0 Å². The number of hydrogen-bond acceptors (Lipinski definition) is 4. The van der Waals surface area contributed by atoms with E-state index < -0.39 is 12.1 Å². The lowest BCUT2D eigenvalue weighted by molar-refractivity contribution is -0.134. The highest BCUT2D eigenvalue weighted by Crippen LogP contribution is 2.27. The molecule has 0 aliphatic rings. The van der Waals surface area contributed by atoms with Crippen molar-refractivity contribution in [1.29, 1.82) is 0 Å². The van der Waals surface area contributed by atoms with E-state index in [-0.39, 0.29) is 0 Å². The summed E-state index contributed by atoms with van der Waals surface area (Å²) in [5.74, 6) is -0.501. The van der Waals surface area contributed by atoms with Crippen molar-refractivity contribution in [2.24, 2.45) is 0 Å².